The Morgan fingerprint density at radius 3 is 2.36 bits per heavy atom. The van der Waals surface area contributed by atoms with Crippen molar-refractivity contribution in [2.75, 3.05) is 5.73 Å². The lowest BCUT2D eigenvalue weighted by atomic mass is 9.86. The van der Waals surface area contributed by atoms with Crippen molar-refractivity contribution >= 4 is 11.5 Å². The van der Waals surface area contributed by atoms with Gasteiger partial charge in [-0.3, -0.25) is 4.79 Å². The number of hydrogen-bond acceptors (Lipinski definition) is 3. The first-order valence-electron chi connectivity index (χ1n) is 4.45. The summed E-state index contributed by atoms with van der Waals surface area (Å²) in [5.41, 5.74) is 5.75. The summed E-state index contributed by atoms with van der Waals surface area (Å²) in [5.74, 6) is -0.139. The summed E-state index contributed by atoms with van der Waals surface area (Å²) < 4.78 is 0. The molecule has 1 aromatic rings. The van der Waals surface area contributed by atoms with E-state index in [2.05, 4.69) is 0 Å². The molecule has 0 fully saturated rings. The van der Waals surface area contributed by atoms with E-state index in [0.717, 1.165) is 0 Å². The van der Waals surface area contributed by atoms with E-state index >= 15 is 0 Å². The lowest BCUT2D eigenvalue weighted by molar-refractivity contribution is 0.0855. The zero-order chi connectivity index (χ0) is 10.9. The van der Waals surface area contributed by atoms with E-state index in [9.17, 15) is 9.90 Å². The number of aromatic hydroxyl groups is 1. The van der Waals surface area contributed by atoms with Crippen LogP contribution in [0.5, 0.6) is 5.75 Å². The highest BCUT2D eigenvalue weighted by atomic mass is 16.3. The molecule has 1 rings (SSSR count). The predicted octanol–water partition coefficient (Wildman–Crippen LogP) is 2.20. The van der Waals surface area contributed by atoms with Crippen LogP contribution in [0.3, 0.4) is 0 Å². The summed E-state index contributed by atoms with van der Waals surface area (Å²) in [5, 5.41) is 9.52. The second-order valence-corrected chi connectivity index (χ2v) is 4.36. The van der Waals surface area contributed by atoms with Gasteiger partial charge in [0.25, 0.3) is 0 Å². The molecule has 0 aliphatic rings. The van der Waals surface area contributed by atoms with Crippen LogP contribution >= 0.6 is 0 Å². The van der Waals surface area contributed by atoms with Crippen LogP contribution in [0.25, 0.3) is 0 Å². The Bertz CT molecular complexity index is 364. The first kappa shape index (κ1) is 10.6. The summed E-state index contributed by atoms with van der Waals surface area (Å²) in [7, 11) is 0. The van der Waals surface area contributed by atoms with Gasteiger partial charge in [-0.1, -0.05) is 20.8 Å². The van der Waals surface area contributed by atoms with Crippen LogP contribution < -0.4 is 5.73 Å². The third-order valence-corrected chi connectivity index (χ3v) is 1.95. The van der Waals surface area contributed by atoms with Crippen molar-refractivity contribution in [1.82, 2.24) is 0 Å². The Hall–Kier alpha value is -1.51. The van der Waals surface area contributed by atoms with E-state index < -0.39 is 5.41 Å². The second-order valence-electron chi connectivity index (χ2n) is 4.36. The van der Waals surface area contributed by atoms with Gasteiger partial charge in [0.05, 0.1) is 5.56 Å². The molecule has 0 aliphatic carbocycles. The molecule has 0 unspecified atom stereocenters. The number of phenolic OH excluding ortho intramolecular Hbond substituents is 1. The van der Waals surface area contributed by atoms with Crippen LogP contribution in [-0.4, -0.2) is 10.9 Å². The molecule has 0 saturated carbocycles. The Balaban J connectivity index is 3.15. The van der Waals surface area contributed by atoms with Crippen molar-refractivity contribution in [2.24, 2.45) is 5.41 Å². The van der Waals surface area contributed by atoms with E-state index in [0.29, 0.717) is 11.3 Å². The second kappa shape index (κ2) is 3.33. The number of carbonyl (C=O) groups excluding carboxylic acids is 1. The monoisotopic (exact) mass is 193 g/mol. The van der Waals surface area contributed by atoms with Gasteiger partial charge >= 0.3 is 0 Å². The van der Waals surface area contributed by atoms with Crippen molar-refractivity contribution in [3.05, 3.63) is 23.8 Å². The molecule has 3 nitrogen and oxygen atoms in total. The molecular weight excluding hydrogens is 178 g/mol. The smallest absolute Gasteiger partial charge is 0.171 e. The van der Waals surface area contributed by atoms with Gasteiger partial charge in [0.1, 0.15) is 5.75 Å². The fourth-order valence-corrected chi connectivity index (χ4v) is 1.14. The maximum atomic E-state index is 11.8. The van der Waals surface area contributed by atoms with Gasteiger partial charge in [0.2, 0.25) is 0 Å². The number of nitrogens with two attached hydrogens (primary N) is 1. The van der Waals surface area contributed by atoms with E-state index in [4.69, 9.17) is 5.73 Å². The number of ketones is 1. The van der Waals surface area contributed by atoms with Gasteiger partial charge in [-0.25, -0.2) is 0 Å². The van der Waals surface area contributed by atoms with E-state index in [-0.39, 0.29) is 11.5 Å². The summed E-state index contributed by atoms with van der Waals surface area (Å²) in [6.07, 6.45) is 0. The average Bonchev–Trinajstić information content (AvgIpc) is 2.01. The number of carbonyl (C=O) groups is 1. The summed E-state index contributed by atoms with van der Waals surface area (Å²) in [6.45, 7) is 5.43. The fourth-order valence-electron chi connectivity index (χ4n) is 1.14. The maximum absolute atomic E-state index is 11.8. The number of nitrogen functional groups attached to an aromatic ring is 1. The standard InChI is InChI=1S/C11H15NO2/c1-11(2,3)10(14)8-5-4-7(12)6-9(8)13/h4-6,13H,12H2,1-3H3. The van der Waals surface area contributed by atoms with Crippen LogP contribution in [0, 0.1) is 5.41 Å². The molecule has 0 saturated heterocycles. The Kier molecular flexibility index (Phi) is 2.51. The minimum atomic E-state index is -0.492. The van der Waals surface area contributed by atoms with Crippen molar-refractivity contribution < 1.29 is 9.90 Å². The lowest BCUT2D eigenvalue weighted by Gasteiger charge is -2.17. The van der Waals surface area contributed by atoms with Gasteiger partial charge in [-0.2, -0.15) is 0 Å². The molecule has 3 heteroatoms. The molecule has 14 heavy (non-hydrogen) atoms. The van der Waals surface area contributed by atoms with Crippen LogP contribution in [0.2, 0.25) is 0 Å². The predicted molar refractivity (Wildman–Crippen MR) is 56.3 cm³/mol. The summed E-state index contributed by atoms with van der Waals surface area (Å²) in [4.78, 5) is 11.8. The topological polar surface area (TPSA) is 63.3 Å². The van der Waals surface area contributed by atoms with E-state index in [1.165, 1.54) is 6.07 Å². The highest BCUT2D eigenvalue weighted by Crippen LogP contribution is 2.27. The number of phenols is 1. The molecule has 0 spiro atoms. The minimum Gasteiger partial charge on any atom is -0.507 e. The van der Waals surface area contributed by atoms with E-state index in [1.807, 2.05) is 20.8 Å². The SMILES string of the molecule is CC(C)(C)C(=O)c1ccc(N)cc1O. The molecule has 1 aromatic carbocycles. The third kappa shape index (κ3) is 2.05. The minimum absolute atomic E-state index is 0.0510. The zero-order valence-electron chi connectivity index (χ0n) is 8.66. The molecule has 0 atom stereocenters. The third-order valence-electron chi connectivity index (χ3n) is 1.95. The molecule has 0 heterocycles. The van der Waals surface area contributed by atoms with Gasteiger partial charge in [-0.15, -0.1) is 0 Å². The Morgan fingerprint density at radius 2 is 1.93 bits per heavy atom. The summed E-state index contributed by atoms with van der Waals surface area (Å²) >= 11 is 0. The highest BCUT2D eigenvalue weighted by Gasteiger charge is 2.24. The summed E-state index contributed by atoms with van der Waals surface area (Å²) in [6, 6.07) is 4.55. The molecule has 76 valence electrons. The molecule has 0 bridgehead atoms. The molecule has 0 aromatic heterocycles. The lowest BCUT2D eigenvalue weighted by Crippen LogP contribution is -2.20. The van der Waals surface area contributed by atoms with Crippen LogP contribution in [0.15, 0.2) is 18.2 Å². The average molecular weight is 193 g/mol. The van der Waals surface area contributed by atoms with Gasteiger partial charge < -0.3 is 10.8 Å². The normalized spacial score (nSPS) is 11.4. The number of Topliss-reactive ketones (excluding diaryl/α,β-unsaturated/α-hetero) is 1. The molecule has 0 radical (unpaired) electrons. The Morgan fingerprint density at radius 1 is 1.36 bits per heavy atom. The number of rotatable bonds is 1. The fraction of sp³-hybridized carbons (Fsp3) is 0.364. The van der Waals surface area contributed by atoms with Crippen LogP contribution in [0.4, 0.5) is 5.69 Å². The number of hydrogen-bond donors (Lipinski definition) is 2. The van der Waals surface area contributed by atoms with Crippen molar-refractivity contribution in [2.45, 2.75) is 20.8 Å². The van der Waals surface area contributed by atoms with Crippen LogP contribution in [-0.2, 0) is 0 Å². The van der Waals surface area contributed by atoms with Crippen molar-refractivity contribution in [1.29, 1.82) is 0 Å². The van der Waals surface area contributed by atoms with Crippen molar-refractivity contribution in [3.8, 4) is 5.75 Å². The van der Waals surface area contributed by atoms with Crippen LogP contribution in [0.1, 0.15) is 31.1 Å². The maximum Gasteiger partial charge on any atom is 0.171 e. The molecule has 0 amide bonds. The Labute approximate surface area is 83.6 Å². The number of benzene rings is 1. The molecule has 3 N–H and O–H groups in total. The zero-order valence-corrected chi connectivity index (χ0v) is 8.66. The largest absolute Gasteiger partial charge is 0.507 e. The first-order valence-corrected chi connectivity index (χ1v) is 4.45. The van der Waals surface area contributed by atoms with Gasteiger partial charge in [-0.05, 0) is 12.1 Å². The first-order chi connectivity index (χ1) is 6.32. The highest BCUT2D eigenvalue weighted by molar-refractivity contribution is 6.02. The van der Waals surface area contributed by atoms with E-state index in [1.54, 1.807) is 12.1 Å². The number of anilines is 1. The van der Waals surface area contributed by atoms with Gasteiger partial charge in [0.15, 0.2) is 5.78 Å². The van der Waals surface area contributed by atoms with Crippen molar-refractivity contribution in [3.63, 3.8) is 0 Å². The van der Waals surface area contributed by atoms with Gasteiger partial charge in [0, 0.05) is 17.2 Å². The molecular formula is C11H15NO2. The molecule has 0 aliphatic heterocycles. The quantitative estimate of drug-likeness (QED) is 0.531.